The molecule has 2 nitrogen and oxygen atoms in total. The van der Waals surface area contributed by atoms with E-state index in [1.807, 2.05) is 11.3 Å². The number of halogens is 1. The molecule has 0 atom stereocenters. The minimum atomic E-state index is 1.14. The Bertz CT molecular complexity index is 318. The second-order valence-electron chi connectivity index (χ2n) is 3.97. The van der Waals surface area contributed by atoms with E-state index < -0.39 is 0 Å². The van der Waals surface area contributed by atoms with Crippen LogP contribution in [0, 0.1) is 6.92 Å². The number of nitrogens with zero attached hydrogens (tertiary/aromatic N) is 1. The second kappa shape index (κ2) is 5.43. The molecule has 4 heteroatoms. The van der Waals surface area contributed by atoms with E-state index in [0.29, 0.717) is 0 Å². The smallest absolute Gasteiger partial charge is 0.0317 e. The van der Waals surface area contributed by atoms with Gasteiger partial charge in [0, 0.05) is 47.0 Å². The summed E-state index contributed by atoms with van der Waals surface area (Å²) in [6, 6.07) is 2.22. The lowest BCUT2D eigenvalue weighted by atomic mass is 10.3. The van der Waals surface area contributed by atoms with E-state index in [0.717, 1.165) is 13.1 Å². The van der Waals surface area contributed by atoms with Gasteiger partial charge in [-0.2, -0.15) is 0 Å². The molecule has 0 aliphatic carbocycles. The van der Waals surface area contributed by atoms with Gasteiger partial charge >= 0.3 is 0 Å². The first-order chi connectivity index (χ1) is 7.25. The molecule has 15 heavy (non-hydrogen) atoms. The standard InChI is InChI=1S/C11H17BrN2S/c1-9-8-10(12)11(15-9)2-5-14-6-3-13-4-7-14/h8,13H,2-7H2,1H3. The second-order valence-corrected chi connectivity index (χ2v) is 6.17. The highest BCUT2D eigenvalue weighted by Gasteiger charge is 2.11. The third-order valence-electron chi connectivity index (χ3n) is 2.75. The van der Waals surface area contributed by atoms with Gasteiger partial charge in [0.2, 0.25) is 0 Å². The molecule has 0 radical (unpaired) electrons. The largest absolute Gasteiger partial charge is 0.314 e. The molecule has 0 saturated carbocycles. The molecule has 1 saturated heterocycles. The average Bonchev–Trinajstić information content (AvgIpc) is 2.56. The Morgan fingerprint density at radius 3 is 2.80 bits per heavy atom. The molecule has 1 aromatic rings. The van der Waals surface area contributed by atoms with E-state index in [1.54, 1.807) is 0 Å². The van der Waals surface area contributed by atoms with Gasteiger partial charge in [-0.15, -0.1) is 11.3 Å². The minimum Gasteiger partial charge on any atom is -0.314 e. The van der Waals surface area contributed by atoms with Gasteiger partial charge in [0.1, 0.15) is 0 Å². The topological polar surface area (TPSA) is 15.3 Å². The number of rotatable bonds is 3. The summed E-state index contributed by atoms with van der Waals surface area (Å²) in [6.45, 7) is 8.04. The summed E-state index contributed by atoms with van der Waals surface area (Å²) in [5.74, 6) is 0. The van der Waals surface area contributed by atoms with E-state index in [2.05, 4.69) is 39.1 Å². The molecule has 0 amide bonds. The quantitative estimate of drug-likeness (QED) is 0.918. The van der Waals surface area contributed by atoms with Crippen molar-refractivity contribution in [3.05, 3.63) is 20.3 Å². The predicted octanol–water partition coefficient (Wildman–Crippen LogP) is 2.27. The van der Waals surface area contributed by atoms with Crippen LogP contribution in [0.4, 0.5) is 0 Å². The van der Waals surface area contributed by atoms with Crippen molar-refractivity contribution in [3.63, 3.8) is 0 Å². The number of hydrogen-bond acceptors (Lipinski definition) is 3. The van der Waals surface area contributed by atoms with Crippen molar-refractivity contribution in [1.29, 1.82) is 0 Å². The Morgan fingerprint density at radius 2 is 2.20 bits per heavy atom. The van der Waals surface area contributed by atoms with Crippen LogP contribution in [0.15, 0.2) is 10.5 Å². The van der Waals surface area contributed by atoms with Crippen LogP contribution >= 0.6 is 27.3 Å². The van der Waals surface area contributed by atoms with Crippen molar-refractivity contribution in [2.45, 2.75) is 13.3 Å². The molecule has 0 aromatic carbocycles. The predicted molar refractivity (Wildman–Crippen MR) is 69.8 cm³/mol. The highest BCUT2D eigenvalue weighted by atomic mass is 79.9. The van der Waals surface area contributed by atoms with Gasteiger partial charge in [-0.3, -0.25) is 0 Å². The fourth-order valence-electron chi connectivity index (χ4n) is 1.90. The van der Waals surface area contributed by atoms with E-state index in [4.69, 9.17) is 0 Å². The summed E-state index contributed by atoms with van der Waals surface area (Å²) in [6.07, 6.45) is 1.18. The SMILES string of the molecule is Cc1cc(Br)c(CCN2CCNCC2)s1. The number of aryl methyl sites for hydroxylation is 1. The Kier molecular flexibility index (Phi) is 4.20. The van der Waals surface area contributed by atoms with Crippen molar-refractivity contribution in [2.24, 2.45) is 0 Å². The van der Waals surface area contributed by atoms with Gasteiger partial charge in [-0.1, -0.05) is 0 Å². The lowest BCUT2D eigenvalue weighted by molar-refractivity contribution is 0.244. The molecule has 1 aliphatic heterocycles. The highest BCUT2D eigenvalue weighted by Crippen LogP contribution is 2.27. The summed E-state index contributed by atoms with van der Waals surface area (Å²) in [5.41, 5.74) is 0. The maximum atomic E-state index is 3.62. The summed E-state index contributed by atoms with van der Waals surface area (Å²) in [4.78, 5) is 5.43. The number of piperazine rings is 1. The van der Waals surface area contributed by atoms with E-state index in [-0.39, 0.29) is 0 Å². The van der Waals surface area contributed by atoms with E-state index >= 15 is 0 Å². The van der Waals surface area contributed by atoms with Gasteiger partial charge in [0.15, 0.2) is 0 Å². The first-order valence-corrected chi connectivity index (χ1v) is 7.04. The number of thiophene rings is 1. The molecule has 1 aromatic heterocycles. The van der Waals surface area contributed by atoms with Crippen molar-refractivity contribution < 1.29 is 0 Å². The summed E-state index contributed by atoms with van der Waals surface area (Å²) >= 11 is 5.54. The number of hydrogen-bond donors (Lipinski definition) is 1. The van der Waals surface area contributed by atoms with Gasteiger partial charge in [-0.05, 0) is 35.3 Å². The van der Waals surface area contributed by atoms with Gasteiger partial charge in [-0.25, -0.2) is 0 Å². The van der Waals surface area contributed by atoms with Crippen LogP contribution in [0.3, 0.4) is 0 Å². The molecule has 1 fully saturated rings. The lowest BCUT2D eigenvalue weighted by Gasteiger charge is -2.26. The maximum Gasteiger partial charge on any atom is 0.0317 e. The van der Waals surface area contributed by atoms with Gasteiger partial charge in [0.25, 0.3) is 0 Å². The van der Waals surface area contributed by atoms with Crippen LogP contribution in [-0.2, 0) is 6.42 Å². The van der Waals surface area contributed by atoms with Gasteiger partial charge in [0.05, 0.1) is 0 Å². The van der Waals surface area contributed by atoms with Crippen molar-refractivity contribution in [1.82, 2.24) is 10.2 Å². The van der Waals surface area contributed by atoms with Crippen molar-refractivity contribution in [2.75, 3.05) is 32.7 Å². The van der Waals surface area contributed by atoms with Crippen LogP contribution in [0.2, 0.25) is 0 Å². The molecule has 2 heterocycles. The first kappa shape index (κ1) is 11.6. The fourth-order valence-corrected chi connectivity index (χ4v) is 3.75. The van der Waals surface area contributed by atoms with Crippen LogP contribution in [0.25, 0.3) is 0 Å². The van der Waals surface area contributed by atoms with E-state index in [1.165, 1.54) is 40.3 Å². The summed E-state index contributed by atoms with van der Waals surface area (Å²) in [5, 5.41) is 3.38. The third kappa shape index (κ3) is 3.28. The summed E-state index contributed by atoms with van der Waals surface area (Å²) < 4.78 is 1.29. The molecule has 1 N–H and O–H groups in total. The van der Waals surface area contributed by atoms with Crippen LogP contribution in [-0.4, -0.2) is 37.6 Å². The third-order valence-corrected chi connectivity index (χ3v) is 4.83. The fraction of sp³-hybridized carbons (Fsp3) is 0.636. The zero-order valence-electron chi connectivity index (χ0n) is 9.05. The minimum absolute atomic E-state index is 1.14. The first-order valence-electron chi connectivity index (χ1n) is 5.43. The Labute approximate surface area is 104 Å². The van der Waals surface area contributed by atoms with Crippen LogP contribution in [0.1, 0.15) is 9.75 Å². The zero-order chi connectivity index (χ0) is 10.7. The number of nitrogens with one attached hydrogen (secondary N) is 1. The van der Waals surface area contributed by atoms with Crippen molar-refractivity contribution >= 4 is 27.3 Å². The molecular formula is C11H17BrN2S. The summed E-state index contributed by atoms with van der Waals surface area (Å²) in [7, 11) is 0. The molecule has 1 aliphatic rings. The monoisotopic (exact) mass is 288 g/mol. The average molecular weight is 289 g/mol. The Morgan fingerprint density at radius 1 is 1.47 bits per heavy atom. The molecule has 2 rings (SSSR count). The zero-order valence-corrected chi connectivity index (χ0v) is 11.5. The molecule has 84 valence electrons. The molecule has 0 spiro atoms. The van der Waals surface area contributed by atoms with Gasteiger partial charge < -0.3 is 10.2 Å². The normalized spacial score (nSPS) is 18.3. The van der Waals surface area contributed by atoms with E-state index in [9.17, 15) is 0 Å². The Balaban J connectivity index is 1.84. The Hall–Kier alpha value is 0.1000. The van der Waals surface area contributed by atoms with Crippen LogP contribution < -0.4 is 5.32 Å². The molecule has 0 bridgehead atoms. The lowest BCUT2D eigenvalue weighted by Crippen LogP contribution is -2.44. The highest BCUT2D eigenvalue weighted by molar-refractivity contribution is 9.10. The van der Waals surface area contributed by atoms with Crippen molar-refractivity contribution in [3.8, 4) is 0 Å². The molecular weight excluding hydrogens is 272 g/mol. The molecule has 0 unspecified atom stereocenters. The van der Waals surface area contributed by atoms with Crippen LogP contribution in [0.5, 0.6) is 0 Å². The maximum absolute atomic E-state index is 3.62.